The van der Waals surface area contributed by atoms with Gasteiger partial charge in [-0.05, 0) is 56.7 Å². The van der Waals surface area contributed by atoms with E-state index < -0.39 is 11.6 Å². The van der Waals surface area contributed by atoms with E-state index in [2.05, 4.69) is 45.6 Å². The third-order valence-corrected chi connectivity index (χ3v) is 7.88. The zero-order valence-corrected chi connectivity index (χ0v) is 25.5. The summed E-state index contributed by atoms with van der Waals surface area (Å²) in [5.41, 5.74) is 1.69. The maximum Gasteiger partial charge on any atom is 0.332 e. The lowest BCUT2D eigenvalue weighted by Crippen LogP contribution is -2.74. The summed E-state index contributed by atoms with van der Waals surface area (Å²) in [6, 6.07) is 12.8. The number of ether oxygens (including phenoxy) is 3. The number of hydrogen-bond donors (Lipinski definition) is 0. The van der Waals surface area contributed by atoms with Crippen LogP contribution in [0.25, 0.3) is 0 Å². The fraction of sp³-hybridized carbons (Fsp3) is 0.485. The zero-order valence-electron chi connectivity index (χ0n) is 24.8. The Kier molecular flexibility index (Phi) is 8.46. The Morgan fingerprint density at radius 3 is 2.46 bits per heavy atom. The van der Waals surface area contributed by atoms with Gasteiger partial charge in [-0.25, -0.2) is 4.79 Å². The Bertz CT molecular complexity index is 1440. The van der Waals surface area contributed by atoms with E-state index in [4.69, 9.17) is 31.1 Å². The first-order valence-corrected chi connectivity index (χ1v) is 14.1. The third-order valence-electron chi connectivity index (χ3n) is 7.57. The number of carbonyl (C=O) groups is 2. The number of halogens is 1. The Balaban J connectivity index is 1.38. The van der Waals surface area contributed by atoms with Crippen LogP contribution in [0.3, 0.4) is 0 Å². The Morgan fingerprint density at radius 2 is 1.83 bits per heavy atom. The van der Waals surface area contributed by atoms with Crippen LogP contribution < -0.4 is 4.74 Å². The van der Waals surface area contributed by atoms with Crippen LogP contribution in [0, 0.1) is 34.0 Å². The van der Waals surface area contributed by atoms with E-state index in [0.29, 0.717) is 41.5 Å². The summed E-state index contributed by atoms with van der Waals surface area (Å²) in [4.78, 5) is 27.2. The van der Waals surface area contributed by atoms with Crippen molar-refractivity contribution in [1.82, 2.24) is 4.90 Å². The largest absolute Gasteiger partial charge is 0.489 e. The summed E-state index contributed by atoms with van der Waals surface area (Å²) in [5, 5.41) is 9.52. The number of esters is 1. The molecule has 1 heterocycles. The molecule has 1 aliphatic heterocycles. The first-order chi connectivity index (χ1) is 19.1. The van der Waals surface area contributed by atoms with Crippen molar-refractivity contribution < 1.29 is 23.8 Å². The van der Waals surface area contributed by atoms with Crippen molar-refractivity contribution in [2.75, 3.05) is 13.2 Å². The van der Waals surface area contributed by atoms with Crippen molar-refractivity contribution >= 4 is 23.5 Å². The quantitative estimate of drug-likeness (QED) is 0.223. The molecule has 2 aromatic carbocycles. The molecule has 2 aromatic rings. The van der Waals surface area contributed by atoms with E-state index in [1.807, 2.05) is 43.9 Å². The molecule has 1 fully saturated rings. The molecule has 8 heteroatoms. The van der Waals surface area contributed by atoms with Crippen molar-refractivity contribution in [2.45, 2.75) is 79.2 Å². The minimum absolute atomic E-state index is 0.0149. The van der Waals surface area contributed by atoms with E-state index in [1.54, 1.807) is 18.2 Å². The normalized spacial score (nSPS) is 20.3. The molecule has 0 atom stereocenters. The molecule has 0 saturated heterocycles. The summed E-state index contributed by atoms with van der Waals surface area (Å²) in [6.07, 6.45) is 0.306. The van der Waals surface area contributed by atoms with Gasteiger partial charge in [0.15, 0.2) is 0 Å². The smallest absolute Gasteiger partial charge is 0.332 e. The number of nitrogens with zero attached hydrogens (tertiary/aromatic N) is 2. The van der Waals surface area contributed by atoms with E-state index in [1.165, 1.54) is 0 Å². The molecule has 0 unspecified atom stereocenters. The van der Waals surface area contributed by atoms with Gasteiger partial charge in [-0.15, -0.1) is 0 Å². The van der Waals surface area contributed by atoms with Crippen molar-refractivity contribution in [3.63, 3.8) is 0 Å². The lowest BCUT2D eigenvalue weighted by molar-refractivity contribution is -0.199. The first kappa shape index (κ1) is 30.4. The predicted octanol–water partition coefficient (Wildman–Crippen LogP) is 6.15. The highest BCUT2D eigenvalue weighted by atomic mass is 35.5. The molecule has 0 radical (unpaired) electrons. The summed E-state index contributed by atoms with van der Waals surface area (Å²) in [7, 11) is 0. The highest BCUT2D eigenvalue weighted by molar-refractivity contribution is 6.31. The van der Waals surface area contributed by atoms with Crippen LogP contribution in [0.15, 0.2) is 36.4 Å². The maximum atomic E-state index is 13.5. The number of benzene rings is 2. The highest BCUT2D eigenvalue weighted by Crippen LogP contribution is 2.59. The van der Waals surface area contributed by atoms with Crippen LogP contribution in [0.1, 0.15) is 81.9 Å². The van der Waals surface area contributed by atoms with Crippen molar-refractivity contribution in [3.05, 3.63) is 63.7 Å². The van der Waals surface area contributed by atoms with E-state index in [-0.39, 0.29) is 35.5 Å². The van der Waals surface area contributed by atoms with E-state index >= 15 is 0 Å². The number of fused-ring (bicyclic) bond motifs is 1. The molecule has 7 nitrogen and oxygen atoms in total. The number of rotatable bonds is 7. The SMILES string of the molecule is CC(C)(C)OC(=O)COCCC#Cc1ccc2c(c1)CN(C1C(C)(C)C(Oc3ccc(C#N)c(Cl)c3)C1(C)C)C2=O. The van der Waals surface area contributed by atoms with Gasteiger partial charge in [-0.3, -0.25) is 4.79 Å². The second-order valence-corrected chi connectivity index (χ2v) is 13.2. The van der Waals surface area contributed by atoms with Crippen LogP contribution in [-0.4, -0.2) is 47.7 Å². The number of amides is 1. The molecule has 1 amide bonds. The van der Waals surface area contributed by atoms with Crippen LogP contribution >= 0.6 is 11.6 Å². The van der Waals surface area contributed by atoms with E-state index in [0.717, 1.165) is 11.1 Å². The second kappa shape index (κ2) is 11.4. The van der Waals surface area contributed by atoms with Crippen molar-refractivity contribution in [1.29, 1.82) is 5.26 Å². The maximum absolute atomic E-state index is 13.5. The molecular weight excluding hydrogens is 540 g/mol. The lowest BCUT2D eigenvalue weighted by Gasteiger charge is -2.65. The van der Waals surface area contributed by atoms with Gasteiger partial charge in [-0.1, -0.05) is 51.1 Å². The Morgan fingerprint density at radius 1 is 1.12 bits per heavy atom. The van der Waals surface area contributed by atoms with Gasteiger partial charge >= 0.3 is 5.97 Å². The fourth-order valence-corrected chi connectivity index (χ4v) is 6.67. The Labute approximate surface area is 247 Å². The van der Waals surface area contributed by atoms with Crippen molar-refractivity contribution in [2.24, 2.45) is 10.8 Å². The van der Waals surface area contributed by atoms with Gasteiger partial charge in [0.25, 0.3) is 5.91 Å². The van der Waals surface area contributed by atoms with Crippen LogP contribution in [0.4, 0.5) is 0 Å². The summed E-state index contributed by atoms with van der Waals surface area (Å²) in [6.45, 7) is 14.7. The topological polar surface area (TPSA) is 88.9 Å². The molecule has 0 aromatic heterocycles. The molecule has 41 heavy (non-hydrogen) atoms. The number of nitriles is 1. The zero-order chi connectivity index (χ0) is 30.2. The minimum Gasteiger partial charge on any atom is -0.489 e. The average Bonchev–Trinajstić information content (AvgIpc) is 3.17. The van der Waals surface area contributed by atoms with Gasteiger partial charge in [0.05, 0.1) is 17.2 Å². The predicted molar refractivity (Wildman–Crippen MR) is 156 cm³/mol. The number of carbonyl (C=O) groups excluding carboxylic acids is 2. The molecular formula is C33H37ClN2O5. The summed E-state index contributed by atoms with van der Waals surface area (Å²) >= 11 is 6.23. The Hall–Kier alpha value is -3.52. The molecule has 1 saturated carbocycles. The minimum atomic E-state index is -0.536. The second-order valence-electron chi connectivity index (χ2n) is 12.8. The fourth-order valence-electron chi connectivity index (χ4n) is 6.45. The standard InChI is InChI=1S/C33H37ClN2O5/c1-31(2,3)41-27(37)20-39-15-9-8-10-21-11-14-25-23(16-21)19-36(28(25)38)29-32(4,5)30(33(29,6)7)40-24-13-12-22(18-35)26(34)17-24/h11-14,16-17,29-30H,9,15,19-20H2,1-7H3. The third kappa shape index (κ3) is 6.38. The molecule has 2 aliphatic rings. The average molecular weight is 577 g/mol. The van der Waals surface area contributed by atoms with Crippen LogP contribution in [-0.2, 0) is 20.8 Å². The highest BCUT2D eigenvalue weighted by Gasteiger charge is 2.66. The molecule has 216 valence electrons. The molecule has 0 bridgehead atoms. The molecule has 4 rings (SSSR count). The number of hydrogen-bond acceptors (Lipinski definition) is 6. The molecule has 0 N–H and O–H groups in total. The monoisotopic (exact) mass is 576 g/mol. The van der Waals surface area contributed by atoms with Gasteiger partial charge in [-0.2, -0.15) is 5.26 Å². The van der Waals surface area contributed by atoms with Crippen molar-refractivity contribution in [3.8, 4) is 23.7 Å². The van der Waals surface area contributed by atoms with Gasteiger partial charge in [0, 0.05) is 47.0 Å². The molecule has 0 spiro atoms. The molecule has 1 aliphatic carbocycles. The first-order valence-electron chi connectivity index (χ1n) is 13.7. The van der Waals surface area contributed by atoms with Gasteiger partial charge in [0.1, 0.15) is 30.1 Å². The lowest BCUT2D eigenvalue weighted by atomic mass is 9.49. The van der Waals surface area contributed by atoms with Gasteiger partial charge < -0.3 is 19.1 Å². The van der Waals surface area contributed by atoms with Crippen LogP contribution in [0.5, 0.6) is 5.75 Å². The van der Waals surface area contributed by atoms with Gasteiger partial charge in [0.2, 0.25) is 0 Å². The summed E-state index contributed by atoms with van der Waals surface area (Å²) in [5.74, 6) is 6.44. The van der Waals surface area contributed by atoms with E-state index in [9.17, 15) is 9.59 Å². The summed E-state index contributed by atoms with van der Waals surface area (Å²) < 4.78 is 17.0. The van der Waals surface area contributed by atoms with Crippen LogP contribution in [0.2, 0.25) is 5.02 Å².